The number of esters is 1. The van der Waals surface area contributed by atoms with Gasteiger partial charge >= 0.3 is 87.3 Å². The van der Waals surface area contributed by atoms with Crippen molar-refractivity contribution in [2.75, 3.05) is 33.3 Å². The standard InChI is InChI=1S/C7H15O3P.C4H11P.CH3.3HI.Ni.V/c1-5(11(3)4)7(9)10-6(2)8;1-5(2,3)4;;;;;;/h5,7,9H,1-4H3;1H2,2-4H3;1H3;3*1H;;/q;;-1;;;;+2;+3/p-2. The van der Waals surface area contributed by atoms with Gasteiger partial charge in [-0.05, 0) is 6.92 Å². The van der Waals surface area contributed by atoms with Crippen molar-refractivity contribution >= 4 is 81.1 Å². The Hall–Kier alpha value is 3.56. The van der Waals surface area contributed by atoms with E-state index in [4.69, 9.17) is 0 Å². The largest absolute Gasteiger partial charge is 2.00 e. The van der Waals surface area contributed by atoms with Crippen LogP contribution in [-0.4, -0.2) is 56.3 Å². The van der Waals surface area contributed by atoms with E-state index < -0.39 is 27.4 Å². The van der Waals surface area contributed by atoms with Crippen molar-refractivity contribution in [3.63, 3.8) is 0 Å². The average Bonchev–Trinajstić information content (AvgIpc) is 2.11. The summed E-state index contributed by atoms with van der Waals surface area (Å²) in [5.74, 6) is -0.424. The molecule has 0 aliphatic rings. The van der Waals surface area contributed by atoms with Crippen molar-refractivity contribution in [2.24, 2.45) is 0 Å². The molecule has 0 aromatic carbocycles. The monoisotopic (exact) mass is 774 g/mol. The Morgan fingerprint density at radius 2 is 1.50 bits per heavy atom. The number of ether oxygens (including phenoxy) is 1. The summed E-state index contributed by atoms with van der Waals surface area (Å²) in [5.41, 5.74) is 0.0869. The van der Waals surface area contributed by atoms with E-state index in [-0.39, 0.29) is 34.5 Å². The van der Waals surface area contributed by atoms with E-state index in [2.05, 4.69) is 105 Å². The molecule has 0 amide bonds. The smallest absolute Gasteiger partial charge is 2.00 e. The van der Waals surface area contributed by atoms with Crippen molar-refractivity contribution in [3.8, 4) is 0 Å². The van der Waals surface area contributed by atoms with Crippen molar-refractivity contribution in [3.05, 3.63) is 14.1 Å². The van der Waals surface area contributed by atoms with Crippen LogP contribution in [0.4, 0.5) is 0 Å². The van der Waals surface area contributed by atoms with Gasteiger partial charge in [0.05, 0.1) is 0 Å². The van der Waals surface area contributed by atoms with Gasteiger partial charge in [-0.3, -0.25) is 4.79 Å². The number of rotatable bonds is 3. The van der Waals surface area contributed by atoms with Crippen LogP contribution in [0.15, 0.2) is 0 Å². The third-order valence-corrected chi connectivity index (χ3v) is 3.73. The molecule has 2 atom stereocenters. The fourth-order valence-electron chi connectivity index (χ4n) is 0.557. The molecule has 0 aliphatic carbocycles. The molecule has 140 valence electrons. The molecule has 0 bridgehead atoms. The zero-order chi connectivity index (χ0) is 17.1. The Kier molecular flexibility index (Phi) is 34.6. The first kappa shape index (κ1) is 36.5. The Balaban J connectivity index is -0.0000000743. The van der Waals surface area contributed by atoms with Crippen LogP contribution in [0.3, 0.4) is 0 Å². The Labute approximate surface area is 187 Å². The molecule has 0 spiro atoms. The Bertz CT molecular complexity index is 250. The van der Waals surface area contributed by atoms with E-state index in [0.717, 1.165) is 0 Å². The number of hydrogen-bond acceptors (Lipinski definition) is 3. The fourth-order valence-corrected chi connectivity index (χ4v) is 1.20. The van der Waals surface area contributed by atoms with E-state index in [9.17, 15) is 9.90 Å². The summed E-state index contributed by atoms with van der Waals surface area (Å²) in [5, 5.41) is 9.24. The predicted molar refractivity (Wildman–Crippen MR) is 126 cm³/mol. The molecule has 1 N–H and O–H groups in total. The van der Waals surface area contributed by atoms with Crippen LogP contribution in [0.1, 0.15) is 13.8 Å². The zero-order valence-electron chi connectivity index (χ0n) is 14.5. The van der Waals surface area contributed by atoms with Crippen molar-refractivity contribution in [1.82, 2.24) is 0 Å². The van der Waals surface area contributed by atoms with Crippen LogP contribution in [0, 0.1) is 14.1 Å². The molecular weight excluding hydrogens is 744 g/mol. The molecule has 0 aliphatic heterocycles. The first-order chi connectivity index (χ1) is 8.68. The minimum Gasteiger partial charge on any atom is 2.00 e. The average molecular weight is 775 g/mol. The van der Waals surface area contributed by atoms with Crippen LogP contribution in [0.5, 0.6) is 0 Å². The maximum Gasteiger partial charge on any atom is 2.00 e. The maximum atomic E-state index is 10.4. The van der Waals surface area contributed by atoms with Crippen LogP contribution < -0.4 is 0 Å². The number of carbonyl (C=O) groups is 1. The van der Waals surface area contributed by atoms with E-state index in [1.54, 1.807) is 0 Å². The van der Waals surface area contributed by atoms with Gasteiger partial charge in [-0.1, -0.05) is 0 Å². The van der Waals surface area contributed by atoms with E-state index in [1.165, 1.54) is 6.92 Å². The first-order valence-electron chi connectivity index (χ1n) is 5.77. The summed E-state index contributed by atoms with van der Waals surface area (Å²) in [6, 6.07) is 0. The van der Waals surface area contributed by atoms with Gasteiger partial charge < -0.3 is 17.3 Å². The summed E-state index contributed by atoms with van der Waals surface area (Å²) in [6.07, 6.45) is -0.920. The number of hydrogen-bond donors (Lipinski definition) is 1. The predicted octanol–water partition coefficient (Wildman–Crippen LogP) is 5.52. The molecule has 10 heteroatoms. The number of halogens is 3. The summed E-state index contributed by atoms with van der Waals surface area (Å²) in [4.78, 5) is 10.1. The van der Waals surface area contributed by atoms with Crippen molar-refractivity contribution in [1.29, 1.82) is 0 Å². The molecule has 0 saturated heterocycles. The topological polar surface area (TPSA) is 46.5 Å². The van der Waals surface area contributed by atoms with Crippen molar-refractivity contribution in [2.45, 2.75) is 25.8 Å². The minimum absolute atomic E-state index is 0. The Morgan fingerprint density at radius 3 is 1.64 bits per heavy atom. The Morgan fingerprint density at radius 1 is 1.27 bits per heavy atom. The molecule has 0 aromatic heterocycles. The summed E-state index contributed by atoms with van der Waals surface area (Å²) >= 11 is 7.39. The van der Waals surface area contributed by atoms with Gasteiger partial charge in [0.2, 0.25) is 6.29 Å². The second kappa shape index (κ2) is 20.9. The first-order valence-corrected chi connectivity index (χ1v) is 25.2. The third kappa shape index (κ3) is 49.5. The normalized spacial score (nSPS) is 12.5. The summed E-state index contributed by atoms with van der Waals surface area (Å²) in [7, 11) is -1.22. The van der Waals surface area contributed by atoms with Gasteiger partial charge in [0.1, 0.15) is 5.66 Å². The molecule has 0 fully saturated rings. The van der Waals surface area contributed by atoms with Gasteiger partial charge in [-0.15, -0.1) is 7.26 Å². The molecular formula is C12H30I3NiO3P2V+2. The molecule has 0 saturated carbocycles. The van der Waals surface area contributed by atoms with E-state index in [0.29, 0.717) is 0 Å². The van der Waals surface area contributed by atoms with Gasteiger partial charge in [0.15, 0.2) is 0 Å². The minimum atomic E-state index is -0.920. The van der Waals surface area contributed by atoms with Gasteiger partial charge in [0, 0.05) is 48.2 Å². The van der Waals surface area contributed by atoms with Gasteiger partial charge in [0.25, 0.3) is 0 Å². The van der Waals surface area contributed by atoms with E-state index >= 15 is 0 Å². The number of carbonyl (C=O) groups excluding carboxylic acids is 1. The molecule has 0 rings (SSSR count). The quantitative estimate of drug-likeness (QED) is 0.103. The van der Waals surface area contributed by atoms with Crippen LogP contribution >= 0.6 is 75.1 Å². The summed E-state index contributed by atoms with van der Waals surface area (Å²) < 4.78 is 4.62. The van der Waals surface area contributed by atoms with Gasteiger partial charge in [-0.2, -0.15) is 6.66 Å². The van der Waals surface area contributed by atoms with Crippen LogP contribution in [-0.2, 0) is 30.9 Å². The van der Waals surface area contributed by atoms with Crippen molar-refractivity contribution < 1.29 is 36.0 Å². The second-order valence-corrected chi connectivity index (χ2v) is 48.4. The molecule has 3 nitrogen and oxygen atoms in total. The number of aliphatic hydroxyl groups is 1. The van der Waals surface area contributed by atoms with Crippen LogP contribution in [0.2, 0.25) is 0 Å². The zero-order valence-corrected chi connectivity index (χ0v) is 25.2. The van der Waals surface area contributed by atoms with Gasteiger partial charge in [-0.25, -0.2) is 0 Å². The third-order valence-electron chi connectivity index (χ3n) is 1.63. The second-order valence-electron chi connectivity index (χ2n) is 5.35. The maximum absolute atomic E-state index is 10.4. The van der Waals surface area contributed by atoms with E-state index in [1.807, 2.05) is 6.92 Å². The SMILES string of the molecule is CC(=O)OC(O)C(C)[PH+](C)C.[CH2-][P+](C)(C)C.[CH3-].[I][V]([I])[I].[Ni+2]. The molecule has 0 heterocycles. The fraction of sp³-hybridized carbons (Fsp3) is 0.750. The summed E-state index contributed by atoms with van der Waals surface area (Å²) in [6.45, 7) is 17.8. The van der Waals surface area contributed by atoms with Crippen LogP contribution in [0.25, 0.3) is 0 Å². The molecule has 0 radical (unpaired) electrons. The molecule has 2 unspecified atom stereocenters. The molecule has 0 aromatic rings. The number of aliphatic hydroxyl groups excluding tert-OH is 1. The molecule has 22 heavy (non-hydrogen) atoms.